The molecule has 0 aliphatic rings. The molecule has 21 heavy (non-hydrogen) atoms. The van der Waals surface area contributed by atoms with Gasteiger partial charge in [-0.05, 0) is 30.7 Å². The Balaban J connectivity index is 2.63. The Bertz CT molecular complexity index is 521. The van der Waals surface area contributed by atoms with Crippen LogP contribution in [0.1, 0.15) is 20.3 Å². The topological polar surface area (TPSA) is 78.4 Å². The van der Waals surface area contributed by atoms with E-state index < -0.39 is 17.9 Å². The van der Waals surface area contributed by atoms with Crippen LogP contribution in [0.3, 0.4) is 0 Å². The lowest BCUT2D eigenvalue weighted by atomic mass is 10.1. The molecule has 1 amide bonds. The molecule has 1 atom stereocenters. The SMILES string of the molecule is CC(C)CNC(CC(=O)Nc1ccc(Cl)cc1Cl)C(=O)O. The van der Waals surface area contributed by atoms with Gasteiger partial charge in [-0.15, -0.1) is 0 Å². The van der Waals surface area contributed by atoms with Crippen LogP contribution in [0.4, 0.5) is 5.69 Å². The highest BCUT2D eigenvalue weighted by molar-refractivity contribution is 6.36. The summed E-state index contributed by atoms with van der Waals surface area (Å²) < 4.78 is 0. The standard InChI is InChI=1S/C14H18Cl2N2O3/c1-8(2)7-17-12(14(20)21)6-13(19)18-11-4-3-9(15)5-10(11)16/h3-5,8,12,17H,6-7H2,1-2H3,(H,18,19)(H,20,21). The summed E-state index contributed by atoms with van der Waals surface area (Å²) in [5.41, 5.74) is 0.402. The predicted molar refractivity (Wildman–Crippen MR) is 84.0 cm³/mol. The van der Waals surface area contributed by atoms with Gasteiger partial charge in [-0.3, -0.25) is 9.59 Å². The van der Waals surface area contributed by atoms with E-state index in [0.717, 1.165) is 0 Å². The van der Waals surface area contributed by atoms with Crippen LogP contribution in [0.25, 0.3) is 0 Å². The normalized spacial score (nSPS) is 12.2. The van der Waals surface area contributed by atoms with Crippen LogP contribution >= 0.6 is 23.2 Å². The molecule has 0 fully saturated rings. The minimum absolute atomic E-state index is 0.180. The van der Waals surface area contributed by atoms with Crippen molar-refractivity contribution in [1.82, 2.24) is 5.32 Å². The van der Waals surface area contributed by atoms with Crippen molar-refractivity contribution in [3.8, 4) is 0 Å². The average molecular weight is 333 g/mol. The van der Waals surface area contributed by atoms with Crippen LogP contribution < -0.4 is 10.6 Å². The van der Waals surface area contributed by atoms with Crippen LogP contribution in [0.15, 0.2) is 18.2 Å². The number of halogens is 2. The number of amides is 1. The Morgan fingerprint density at radius 2 is 1.95 bits per heavy atom. The number of carboxylic acid groups (broad SMARTS) is 1. The number of hydrogen-bond donors (Lipinski definition) is 3. The Kier molecular flexibility index (Phi) is 6.95. The zero-order chi connectivity index (χ0) is 16.0. The second kappa shape index (κ2) is 8.22. The van der Waals surface area contributed by atoms with Crippen molar-refractivity contribution in [2.45, 2.75) is 26.3 Å². The maximum absolute atomic E-state index is 11.9. The lowest BCUT2D eigenvalue weighted by Crippen LogP contribution is -2.41. The van der Waals surface area contributed by atoms with E-state index in [-0.39, 0.29) is 6.42 Å². The molecule has 0 saturated heterocycles. The number of benzene rings is 1. The maximum atomic E-state index is 11.9. The Morgan fingerprint density at radius 3 is 2.48 bits per heavy atom. The lowest BCUT2D eigenvalue weighted by Gasteiger charge is -2.16. The van der Waals surface area contributed by atoms with E-state index in [1.54, 1.807) is 12.1 Å². The summed E-state index contributed by atoms with van der Waals surface area (Å²) in [7, 11) is 0. The van der Waals surface area contributed by atoms with Gasteiger partial charge in [0, 0.05) is 5.02 Å². The first-order chi connectivity index (χ1) is 9.79. The Morgan fingerprint density at radius 1 is 1.29 bits per heavy atom. The molecule has 5 nitrogen and oxygen atoms in total. The van der Waals surface area contributed by atoms with Crippen molar-refractivity contribution in [2.24, 2.45) is 5.92 Å². The van der Waals surface area contributed by atoms with Gasteiger partial charge < -0.3 is 15.7 Å². The molecule has 0 heterocycles. The van der Waals surface area contributed by atoms with Gasteiger partial charge in [0.1, 0.15) is 6.04 Å². The third-order valence-corrected chi connectivity index (χ3v) is 3.21. The fourth-order valence-corrected chi connectivity index (χ4v) is 2.06. The van der Waals surface area contributed by atoms with Crippen molar-refractivity contribution in [3.05, 3.63) is 28.2 Å². The summed E-state index contributed by atoms with van der Waals surface area (Å²) in [6, 6.07) is 3.73. The molecule has 1 rings (SSSR count). The van der Waals surface area contributed by atoms with E-state index in [9.17, 15) is 9.59 Å². The average Bonchev–Trinajstić information content (AvgIpc) is 2.37. The molecule has 0 aromatic heterocycles. The number of aliphatic carboxylic acids is 1. The zero-order valence-electron chi connectivity index (χ0n) is 11.8. The van der Waals surface area contributed by atoms with Crippen LogP contribution in [0.2, 0.25) is 10.0 Å². The molecule has 1 aromatic carbocycles. The largest absolute Gasteiger partial charge is 0.480 e. The number of carbonyl (C=O) groups is 2. The van der Waals surface area contributed by atoms with Gasteiger partial charge in [-0.1, -0.05) is 37.0 Å². The molecular formula is C14H18Cl2N2O3. The number of nitrogens with one attached hydrogen (secondary N) is 2. The van der Waals surface area contributed by atoms with E-state index in [1.165, 1.54) is 6.07 Å². The van der Waals surface area contributed by atoms with Crippen molar-refractivity contribution in [2.75, 3.05) is 11.9 Å². The molecule has 116 valence electrons. The van der Waals surface area contributed by atoms with E-state index in [2.05, 4.69) is 10.6 Å². The van der Waals surface area contributed by atoms with E-state index in [0.29, 0.717) is 28.2 Å². The van der Waals surface area contributed by atoms with Gasteiger partial charge in [0.2, 0.25) is 5.91 Å². The first kappa shape index (κ1) is 17.8. The summed E-state index contributed by atoms with van der Waals surface area (Å²) >= 11 is 11.7. The summed E-state index contributed by atoms with van der Waals surface area (Å²) in [5.74, 6) is -1.20. The molecule has 7 heteroatoms. The van der Waals surface area contributed by atoms with Crippen LogP contribution in [0, 0.1) is 5.92 Å². The van der Waals surface area contributed by atoms with Crippen molar-refractivity contribution in [3.63, 3.8) is 0 Å². The number of anilines is 1. The summed E-state index contributed by atoms with van der Waals surface area (Å²) in [6.07, 6.45) is -0.180. The number of hydrogen-bond acceptors (Lipinski definition) is 3. The van der Waals surface area contributed by atoms with Gasteiger partial charge in [0.15, 0.2) is 0 Å². The van der Waals surface area contributed by atoms with Gasteiger partial charge in [-0.2, -0.15) is 0 Å². The highest BCUT2D eigenvalue weighted by atomic mass is 35.5. The molecule has 0 aliphatic carbocycles. The minimum atomic E-state index is -1.06. The molecule has 3 N–H and O–H groups in total. The third-order valence-electron chi connectivity index (χ3n) is 2.67. The van der Waals surface area contributed by atoms with Gasteiger partial charge in [-0.25, -0.2) is 0 Å². The Labute approximate surface area is 133 Å². The van der Waals surface area contributed by atoms with Gasteiger partial charge >= 0.3 is 5.97 Å². The highest BCUT2D eigenvalue weighted by Gasteiger charge is 2.21. The van der Waals surface area contributed by atoms with Crippen molar-refractivity contribution in [1.29, 1.82) is 0 Å². The van der Waals surface area contributed by atoms with Crippen LogP contribution in [-0.2, 0) is 9.59 Å². The molecule has 0 saturated carbocycles. The zero-order valence-corrected chi connectivity index (χ0v) is 13.3. The molecule has 0 spiro atoms. The molecule has 0 aliphatic heterocycles. The second-order valence-electron chi connectivity index (χ2n) is 5.07. The van der Waals surface area contributed by atoms with Crippen LogP contribution in [-0.4, -0.2) is 29.6 Å². The fourth-order valence-electron chi connectivity index (χ4n) is 1.60. The minimum Gasteiger partial charge on any atom is -0.480 e. The first-order valence-electron chi connectivity index (χ1n) is 6.50. The van der Waals surface area contributed by atoms with Crippen LogP contribution in [0.5, 0.6) is 0 Å². The second-order valence-corrected chi connectivity index (χ2v) is 5.91. The van der Waals surface area contributed by atoms with E-state index >= 15 is 0 Å². The monoisotopic (exact) mass is 332 g/mol. The summed E-state index contributed by atoms with van der Waals surface area (Å²) in [4.78, 5) is 23.0. The highest BCUT2D eigenvalue weighted by Crippen LogP contribution is 2.25. The van der Waals surface area contributed by atoms with E-state index in [1.807, 2.05) is 13.8 Å². The Hall–Kier alpha value is -1.30. The number of rotatable bonds is 7. The van der Waals surface area contributed by atoms with E-state index in [4.69, 9.17) is 28.3 Å². The molecular weight excluding hydrogens is 315 g/mol. The van der Waals surface area contributed by atoms with Crippen molar-refractivity contribution >= 4 is 40.8 Å². The smallest absolute Gasteiger partial charge is 0.321 e. The quantitative estimate of drug-likeness (QED) is 0.717. The number of carboxylic acids is 1. The predicted octanol–water partition coefficient (Wildman–Crippen LogP) is 3.02. The molecule has 0 radical (unpaired) electrons. The summed E-state index contributed by atoms with van der Waals surface area (Å²) in [6.45, 7) is 4.44. The number of carbonyl (C=O) groups excluding carboxylic acids is 1. The molecule has 1 unspecified atom stereocenters. The fraction of sp³-hybridized carbons (Fsp3) is 0.429. The first-order valence-corrected chi connectivity index (χ1v) is 7.26. The third kappa shape index (κ3) is 6.33. The maximum Gasteiger partial charge on any atom is 0.321 e. The summed E-state index contributed by atoms with van der Waals surface area (Å²) in [5, 5.41) is 15.3. The molecule has 0 bridgehead atoms. The molecule has 1 aromatic rings. The van der Waals surface area contributed by atoms with Gasteiger partial charge in [0.25, 0.3) is 0 Å². The van der Waals surface area contributed by atoms with Crippen molar-refractivity contribution < 1.29 is 14.7 Å². The lowest BCUT2D eigenvalue weighted by molar-refractivity contribution is -0.141. The van der Waals surface area contributed by atoms with Gasteiger partial charge in [0.05, 0.1) is 17.1 Å².